The van der Waals surface area contributed by atoms with Crippen LogP contribution in [0.25, 0.3) is 0 Å². The molecule has 0 fully saturated rings. The zero-order valence-electron chi connectivity index (χ0n) is 5.19. The van der Waals surface area contributed by atoms with E-state index in [9.17, 15) is 0 Å². The van der Waals surface area contributed by atoms with Gasteiger partial charge < -0.3 is 4.74 Å². The van der Waals surface area contributed by atoms with Gasteiger partial charge in [0, 0.05) is 7.11 Å². The molecule has 0 aromatic heterocycles. The summed E-state index contributed by atoms with van der Waals surface area (Å²) in [7, 11) is 3.59. The quantitative estimate of drug-likeness (QED) is 0.528. The molecule has 0 saturated heterocycles. The van der Waals surface area contributed by atoms with Crippen LogP contribution < -0.4 is 5.32 Å². The summed E-state index contributed by atoms with van der Waals surface area (Å²) in [6.07, 6.45) is 1.26. The molecule has 0 aliphatic rings. The molecule has 0 unspecified atom stereocenters. The van der Waals surface area contributed by atoms with Crippen LogP contribution in [0.1, 0.15) is 13.3 Å². The first-order valence-corrected chi connectivity index (χ1v) is 2.55. The van der Waals surface area contributed by atoms with Crippen molar-refractivity contribution in [2.45, 2.75) is 19.6 Å². The normalized spacial score (nSPS) is 14.1. The third-order valence-electron chi connectivity index (χ3n) is 0.977. The molecule has 1 N–H and O–H groups in total. The summed E-state index contributed by atoms with van der Waals surface area (Å²) >= 11 is 0. The minimum absolute atomic E-state index is 0.236. The number of rotatable bonds is 3. The van der Waals surface area contributed by atoms with Crippen molar-refractivity contribution in [3.8, 4) is 0 Å². The SMILES string of the molecule is CC[C@@H](NC)OC. The zero-order chi connectivity index (χ0) is 5.70. The minimum atomic E-state index is 0.236. The summed E-state index contributed by atoms with van der Waals surface area (Å²) in [4.78, 5) is 0. The summed E-state index contributed by atoms with van der Waals surface area (Å²) in [5.41, 5.74) is 0. The van der Waals surface area contributed by atoms with E-state index in [1.807, 2.05) is 7.05 Å². The second-order valence-electron chi connectivity index (χ2n) is 1.42. The van der Waals surface area contributed by atoms with Gasteiger partial charge >= 0.3 is 0 Å². The molecule has 0 aromatic rings. The molecule has 0 bridgehead atoms. The van der Waals surface area contributed by atoms with Gasteiger partial charge in [0.2, 0.25) is 0 Å². The van der Waals surface area contributed by atoms with Crippen LogP contribution in [0.3, 0.4) is 0 Å². The van der Waals surface area contributed by atoms with Gasteiger partial charge in [0.1, 0.15) is 6.23 Å². The molecular formula is C5H13NO. The lowest BCUT2D eigenvalue weighted by molar-refractivity contribution is 0.0778. The Kier molecular flexibility index (Phi) is 4.04. The summed E-state index contributed by atoms with van der Waals surface area (Å²) in [6, 6.07) is 0. The molecule has 0 spiro atoms. The van der Waals surface area contributed by atoms with Crippen molar-refractivity contribution in [1.82, 2.24) is 5.32 Å². The third kappa shape index (κ3) is 2.60. The zero-order valence-corrected chi connectivity index (χ0v) is 5.19. The average molecular weight is 103 g/mol. The molecule has 0 aliphatic carbocycles. The lowest BCUT2D eigenvalue weighted by Crippen LogP contribution is -2.25. The molecule has 7 heavy (non-hydrogen) atoms. The van der Waals surface area contributed by atoms with Crippen LogP contribution in [0.5, 0.6) is 0 Å². The van der Waals surface area contributed by atoms with Crippen molar-refractivity contribution in [2.75, 3.05) is 14.2 Å². The number of hydrogen-bond donors (Lipinski definition) is 1. The fourth-order valence-corrected chi connectivity index (χ4v) is 0.489. The van der Waals surface area contributed by atoms with Crippen LogP contribution in [0, 0.1) is 0 Å². The van der Waals surface area contributed by atoms with Gasteiger partial charge in [-0.15, -0.1) is 0 Å². The Labute approximate surface area is 44.9 Å². The number of methoxy groups -OCH3 is 1. The van der Waals surface area contributed by atoms with Gasteiger partial charge in [0.15, 0.2) is 0 Å². The van der Waals surface area contributed by atoms with E-state index >= 15 is 0 Å². The van der Waals surface area contributed by atoms with Crippen LogP contribution in [-0.4, -0.2) is 20.4 Å². The van der Waals surface area contributed by atoms with Gasteiger partial charge in [-0.25, -0.2) is 0 Å². The Morgan fingerprint density at radius 1 is 1.71 bits per heavy atom. The Morgan fingerprint density at radius 2 is 2.29 bits per heavy atom. The third-order valence-corrected chi connectivity index (χ3v) is 0.977. The van der Waals surface area contributed by atoms with Crippen molar-refractivity contribution < 1.29 is 4.74 Å². The summed E-state index contributed by atoms with van der Waals surface area (Å²) < 4.78 is 4.94. The minimum Gasteiger partial charge on any atom is -0.367 e. The predicted molar refractivity (Wildman–Crippen MR) is 30.1 cm³/mol. The number of ether oxygens (including phenoxy) is 1. The Bertz CT molecular complexity index is 29.6. The molecule has 2 nitrogen and oxygen atoms in total. The van der Waals surface area contributed by atoms with Gasteiger partial charge in [0.05, 0.1) is 0 Å². The number of hydrogen-bond acceptors (Lipinski definition) is 2. The smallest absolute Gasteiger partial charge is 0.107 e. The van der Waals surface area contributed by atoms with Crippen LogP contribution >= 0.6 is 0 Å². The van der Waals surface area contributed by atoms with Crippen molar-refractivity contribution in [2.24, 2.45) is 0 Å². The summed E-state index contributed by atoms with van der Waals surface area (Å²) in [5.74, 6) is 0. The van der Waals surface area contributed by atoms with Crippen LogP contribution in [-0.2, 0) is 4.74 Å². The van der Waals surface area contributed by atoms with E-state index in [-0.39, 0.29) is 6.23 Å². The Balaban J connectivity index is 2.99. The molecule has 0 aromatic carbocycles. The molecule has 1 atom stereocenters. The van der Waals surface area contributed by atoms with Crippen LogP contribution in [0.15, 0.2) is 0 Å². The van der Waals surface area contributed by atoms with Gasteiger partial charge in [-0.2, -0.15) is 0 Å². The second kappa shape index (κ2) is 4.09. The number of nitrogens with one attached hydrogen (secondary N) is 1. The van der Waals surface area contributed by atoms with E-state index in [4.69, 9.17) is 4.74 Å². The van der Waals surface area contributed by atoms with Gasteiger partial charge in [0.25, 0.3) is 0 Å². The molecule has 0 amide bonds. The fourth-order valence-electron chi connectivity index (χ4n) is 0.489. The lowest BCUT2D eigenvalue weighted by Gasteiger charge is -2.09. The van der Waals surface area contributed by atoms with E-state index in [0.717, 1.165) is 6.42 Å². The predicted octanol–water partition coefficient (Wildman–Crippen LogP) is 0.588. The second-order valence-corrected chi connectivity index (χ2v) is 1.42. The molecule has 0 heterocycles. The molecule has 0 saturated carbocycles. The summed E-state index contributed by atoms with van der Waals surface area (Å²) in [6.45, 7) is 2.07. The fraction of sp³-hybridized carbons (Fsp3) is 1.00. The topological polar surface area (TPSA) is 21.3 Å². The van der Waals surface area contributed by atoms with Gasteiger partial charge in [-0.1, -0.05) is 6.92 Å². The molecule has 44 valence electrons. The average Bonchev–Trinajstić information content (AvgIpc) is 1.72. The summed E-state index contributed by atoms with van der Waals surface area (Å²) in [5, 5.41) is 2.98. The van der Waals surface area contributed by atoms with E-state index in [1.54, 1.807) is 7.11 Å². The van der Waals surface area contributed by atoms with E-state index < -0.39 is 0 Å². The molecular weight excluding hydrogens is 90.1 g/mol. The van der Waals surface area contributed by atoms with Crippen LogP contribution in [0.4, 0.5) is 0 Å². The van der Waals surface area contributed by atoms with E-state index in [0.29, 0.717) is 0 Å². The van der Waals surface area contributed by atoms with E-state index in [2.05, 4.69) is 12.2 Å². The highest BCUT2D eigenvalue weighted by Gasteiger charge is 1.94. The van der Waals surface area contributed by atoms with Crippen molar-refractivity contribution in [3.05, 3.63) is 0 Å². The van der Waals surface area contributed by atoms with Crippen molar-refractivity contribution >= 4 is 0 Å². The highest BCUT2D eigenvalue weighted by molar-refractivity contribution is 4.42. The first kappa shape index (κ1) is 6.92. The van der Waals surface area contributed by atoms with Gasteiger partial charge in [-0.3, -0.25) is 5.32 Å². The first-order chi connectivity index (χ1) is 3.35. The Hall–Kier alpha value is -0.0800. The highest BCUT2D eigenvalue weighted by atomic mass is 16.5. The maximum atomic E-state index is 4.94. The largest absolute Gasteiger partial charge is 0.367 e. The van der Waals surface area contributed by atoms with Crippen molar-refractivity contribution in [3.63, 3.8) is 0 Å². The highest BCUT2D eigenvalue weighted by Crippen LogP contribution is 1.86. The monoisotopic (exact) mass is 103 g/mol. The van der Waals surface area contributed by atoms with E-state index in [1.165, 1.54) is 0 Å². The molecule has 0 radical (unpaired) electrons. The van der Waals surface area contributed by atoms with Crippen LogP contribution in [0.2, 0.25) is 0 Å². The lowest BCUT2D eigenvalue weighted by atomic mass is 10.4. The standard InChI is InChI=1S/C5H13NO/c1-4-5(6-2)7-3/h5-6H,4H2,1-3H3/t5-/m0/s1. The maximum Gasteiger partial charge on any atom is 0.107 e. The Morgan fingerprint density at radius 3 is 2.29 bits per heavy atom. The molecule has 0 rings (SSSR count). The molecule has 2 heteroatoms. The molecule has 0 aliphatic heterocycles. The van der Waals surface area contributed by atoms with Gasteiger partial charge in [-0.05, 0) is 13.5 Å². The van der Waals surface area contributed by atoms with Crippen molar-refractivity contribution in [1.29, 1.82) is 0 Å². The first-order valence-electron chi connectivity index (χ1n) is 2.55. The maximum absolute atomic E-state index is 4.94.